The second-order valence-electron chi connectivity index (χ2n) is 5.65. The summed E-state index contributed by atoms with van der Waals surface area (Å²) in [5.41, 5.74) is 2.77. The van der Waals surface area contributed by atoms with Crippen molar-refractivity contribution in [3.8, 4) is 0 Å². The second kappa shape index (κ2) is 7.10. The monoisotopic (exact) mass is 331 g/mol. The van der Waals surface area contributed by atoms with Crippen LogP contribution in [-0.2, 0) is 11.3 Å². The molecule has 5 nitrogen and oxygen atoms in total. The Morgan fingerprint density at radius 1 is 1.30 bits per heavy atom. The van der Waals surface area contributed by atoms with Gasteiger partial charge in [0.2, 0.25) is 0 Å². The van der Waals surface area contributed by atoms with Gasteiger partial charge in [-0.2, -0.15) is 0 Å². The lowest BCUT2D eigenvalue weighted by Gasteiger charge is -2.17. The third kappa shape index (κ3) is 3.71. The molecule has 1 N–H and O–H groups in total. The van der Waals surface area contributed by atoms with Gasteiger partial charge in [-0.05, 0) is 44.0 Å². The number of rotatable bonds is 5. The van der Waals surface area contributed by atoms with Crippen LogP contribution in [0, 0.1) is 6.92 Å². The number of benzene rings is 1. The molecule has 2 aromatic rings. The number of aromatic nitrogens is 1. The Morgan fingerprint density at radius 2 is 2.00 bits per heavy atom. The highest BCUT2D eigenvalue weighted by molar-refractivity contribution is 7.13. The van der Waals surface area contributed by atoms with Gasteiger partial charge in [-0.15, -0.1) is 11.3 Å². The highest BCUT2D eigenvalue weighted by Crippen LogP contribution is 2.24. The smallest absolute Gasteiger partial charge is 0.267 e. The van der Waals surface area contributed by atoms with E-state index in [-0.39, 0.29) is 5.91 Å². The van der Waals surface area contributed by atoms with Gasteiger partial charge in [-0.1, -0.05) is 0 Å². The molecule has 122 valence electrons. The van der Waals surface area contributed by atoms with Crippen LogP contribution in [-0.4, -0.2) is 31.1 Å². The van der Waals surface area contributed by atoms with Crippen molar-refractivity contribution in [1.29, 1.82) is 0 Å². The van der Waals surface area contributed by atoms with Gasteiger partial charge in [0.05, 0.1) is 12.3 Å². The number of nitrogens with zero attached hydrogens (tertiary/aromatic N) is 2. The molecule has 0 atom stereocenters. The van der Waals surface area contributed by atoms with Crippen LogP contribution in [0.25, 0.3) is 0 Å². The van der Waals surface area contributed by atoms with E-state index < -0.39 is 0 Å². The van der Waals surface area contributed by atoms with Crippen LogP contribution in [0.1, 0.15) is 33.2 Å². The molecule has 1 aliphatic heterocycles. The minimum atomic E-state index is -0.115. The fraction of sp³-hybridized carbons (Fsp3) is 0.412. The molecule has 0 unspecified atom stereocenters. The number of carbonyl (C=O) groups is 1. The summed E-state index contributed by atoms with van der Waals surface area (Å²) in [5, 5.41) is 3.76. The van der Waals surface area contributed by atoms with E-state index in [1.807, 2.05) is 19.1 Å². The number of hydrogen-bond donors (Lipinski definition) is 1. The number of thiazole rings is 1. The number of amides is 1. The average molecular weight is 331 g/mol. The summed E-state index contributed by atoms with van der Waals surface area (Å²) in [5.74, 6) is -0.115. The molecule has 0 spiro atoms. The first-order chi connectivity index (χ1) is 11.2. The first-order valence-corrected chi connectivity index (χ1v) is 8.60. The topological polar surface area (TPSA) is 54.5 Å². The van der Waals surface area contributed by atoms with Crippen molar-refractivity contribution in [1.82, 2.24) is 4.98 Å². The number of hydrogen-bond acceptors (Lipinski definition) is 5. The Labute approximate surface area is 140 Å². The van der Waals surface area contributed by atoms with E-state index >= 15 is 0 Å². The average Bonchev–Trinajstić information content (AvgIpc) is 3.18. The highest BCUT2D eigenvalue weighted by Gasteiger charge is 2.16. The van der Waals surface area contributed by atoms with Gasteiger partial charge in [-0.3, -0.25) is 4.79 Å². The van der Waals surface area contributed by atoms with Crippen molar-refractivity contribution in [2.45, 2.75) is 26.4 Å². The third-order valence-electron chi connectivity index (χ3n) is 3.91. The fourth-order valence-electron chi connectivity index (χ4n) is 2.77. The first-order valence-electron chi connectivity index (χ1n) is 7.79. The van der Waals surface area contributed by atoms with Gasteiger partial charge >= 0.3 is 0 Å². The van der Waals surface area contributed by atoms with Crippen LogP contribution >= 0.6 is 11.3 Å². The molecule has 0 bridgehead atoms. The van der Waals surface area contributed by atoms with Crippen LogP contribution < -0.4 is 10.2 Å². The summed E-state index contributed by atoms with van der Waals surface area (Å²) >= 11 is 1.38. The van der Waals surface area contributed by atoms with Gasteiger partial charge in [0.15, 0.2) is 0 Å². The zero-order chi connectivity index (χ0) is 16.2. The maximum Gasteiger partial charge on any atom is 0.267 e. The van der Waals surface area contributed by atoms with Gasteiger partial charge in [-0.25, -0.2) is 4.98 Å². The van der Waals surface area contributed by atoms with E-state index in [2.05, 4.69) is 27.3 Å². The van der Waals surface area contributed by atoms with Gasteiger partial charge in [0, 0.05) is 31.6 Å². The molecule has 1 saturated heterocycles. The standard InChI is InChI=1S/C17H21N3O2S/c1-12-16(23-15(18-12)11-22-2)17(21)19-13-5-7-14(8-6-13)20-9-3-4-10-20/h5-8H,3-4,9-11H2,1-2H3,(H,19,21). The maximum atomic E-state index is 12.4. The number of ether oxygens (including phenoxy) is 1. The van der Waals surface area contributed by atoms with E-state index in [0.29, 0.717) is 11.5 Å². The Hall–Kier alpha value is -1.92. The van der Waals surface area contributed by atoms with Gasteiger partial charge in [0.1, 0.15) is 9.88 Å². The summed E-state index contributed by atoms with van der Waals surface area (Å²) in [6.45, 7) is 4.52. The van der Waals surface area contributed by atoms with Crippen molar-refractivity contribution < 1.29 is 9.53 Å². The predicted octanol–water partition coefficient (Wildman–Crippen LogP) is 3.45. The Kier molecular flexibility index (Phi) is 4.93. The van der Waals surface area contributed by atoms with Crippen molar-refractivity contribution in [3.05, 3.63) is 39.8 Å². The summed E-state index contributed by atoms with van der Waals surface area (Å²) in [7, 11) is 1.62. The molecule has 2 heterocycles. The van der Waals surface area contributed by atoms with Crippen LogP contribution in [0.5, 0.6) is 0 Å². The molecule has 6 heteroatoms. The summed E-state index contributed by atoms with van der Waals surface area (Å²) in [4.78, 5) is 19.8. The van der Waals surface area contributed by atoms with Crippen LogP contribution in [0.4, 0.5) is 11.4 Å². The van der Waals surface area contributed by atoms with Crippen molar-refractivity contribution in [2.24, 2.45) is 0 Å². The quantitative estimate of drug-likeness (QED) is 0.912. The first kappa shape index (κ1) is 16.0. The number of nitrogens with one attached hydrogen (secondary N) is 1. The molecule has 1 aromatic heterocycles. The Morgan fingerprint density at radius 3 is 2.65 bits per heavy atom. The Bertz CT molecular complexity index is 676. The molecule has 1 amide bonds. The van der Waals surface area contributed by atoms with Crippen LogP contribution in [0.3, 0.4) is 0 Å². The molecule has 23 heavy (non-hydrogen) atoms. The van der Waals surface area contributed by atoms with E-state index in [4.69, 9.17) is 4.74 Å². The summed E-state index contributed by atoms with van der Waals surface area (Å²) in [6, 6.07) is 8.05. The van der Waals surface area contributed by atoms with E-state index in [0.717, 1.165) is 29.5 Å². The van der Waals surface area contributed by atoms with Crippen molar-refractivity contribution in [2.75, 3.05) is 30.4 Å². The Balaban J connectivity index is 1.67. The number of aryl methyl sites for hydroxylation is 1. The van der Waals surface area contributed by atoms with E-state index in [9.17, 15) is 4.79 Å². The second-order valence-corrected chi connectivity index (χ2v) is 6.73. The summed E-state index contributed by atoms with van der Waals surface area (Å²) < 4.78 is 5.07. The molecule has 1 fully saturated rings. The normalized spacial score (nSPS) is 14.3. The minimum Gasteiger partial charge on any atom is -0.378 e. The maximum absolute atomic E-state index is 12.4. The molecule has 0 radical (unpaired) electrons. The largest absolute Gasteiger partial charge is 0.378 e. The minimum absolute atomic E-state index is 0.115. The molecular weight excluding hydrogens is 310 g/mol. The number of methoxy groups -OCH3 is 1. The highest BCUT2D eigenvalue weighted by atomic mass is 32.1. The molecule has 0 saturated carbocycles. The SMILES string of the molecule is COCc1nc(C)c(C(=O)Nc2ccc(N3CCCC3)cc2)s1. The molecule has 1 aliphatic rings. The van der Waals surface area contributed by atoms with Crippen LogP contribution in [0.2, 0.25) is 0 Å². The number of anilines is 2. The lowest BCUT2D eigenvalue weighted by molar-refractivity contribution is 0.103. The van der Waals surface area contributed by atoms with Gasteiger partial charge < -0.3 is 15.0 Å². The zero-order valence-electron chi connectivity index (χ0n) is 13.5. The van der Waals surface area contributed by atoms with Crippen LogP contribution in [0.15, 0.2) is 24.3 Å². The number of carbonyl (C=O) groups excluding carboxylic acids is 1. The van der Waals surface area contributed by atoms with E-state index in [1.54, 1.807) is 7.11 Å². The lowest BCUT2D eigenvalue weighted by Crippen LogP contribution is -2.17. The van der Waals surface area contributed by atoms with Gasteiger partial charge in [0.25, 0.3) is 5.91 Å². The zero-order valence-corrected chi connectivity index (χ0v) is 14.3. The molecule has 1 aromatic carbocycles. The van der Waals surface area contributed by atoms with Crippen molar-refractivity contribution in [3.63, 3.8) is 0 Å². The molecule has 0 aliphatic carbocycles. The lowest BCUT2D eigenvalue weighted by atomic mass is 10.2. The van der Waals surface area contributed by atoms with E-state index in [1.165, 1.54) is 29.9 Å². The fourth-order valence-corrected chi connectivity index (χ4v) is 3.70. The molecular formula is C17H21N3O2S. The van der Waals surface area contributed by atoms with Crippen molar-refractivity contribution >= 4 is 28.6 Å². The summed E-state index contributed by atoms with van der Waals surface area (Å²) in [6.07, 6.45) is 2.51. The predicted molar refractivity (Wildman–Crippen MR) is 93.4 cm³/mol. The third-order valence-corrected chi connectivity index (χ3v) is 5.04. The molecule has 3 rings (SSSR count).